The summed E-state index contributed by atoms with van der Waals surface area (Å²) in [6.07, 6.45) is 6.79. The average Bonchev–Trinajstić information content (AvgIpc) is 2.82. The monoisotopic (exact) mass is 579 g/mol. The third-order valence-electron chi connectivity index (χ3n) is 7.87. The summed E-state index contributed by atoms with van der Waals surface area (Å²) in [5.41, 5.74) is -0.0512. The Morgan fingerprint density at radius 2 is 1.02 bits per heavy atom. The molecule has 3 heterocycles. The predicted molar refractivity (Wildman–Crippen MR) is 172 cm³/mol. The first kappa shape index (κ1) is 37.7. The first-order valence-electron chi connectivity index (χ1n) is 15.8. The Morgan fingerprint density at radius 3 is 1.49 bits per heavy atom. The van der Waals surface area contributed by atoms with Crippen molar-refractivity contribution in [1.82, 2.24) is 21.3 Å². The van der Waals surface area contributed by atoms with Crippen molar-refractivity contribution in [3.63, 3.8) is 0 Å². The van der Waals surface area contributed by atoms with Gasteiger partial charge in [-0.1, -0.05) is 20.8 Å². The lowest BCUT2D eigenvalue weighted by Crippen LogP contribution is -2.58. The highest BCUT2D eigenvalue weighted by atomic mass is 16.2. The van der Waals surface area contributed by atoms with E-state index in [-0.39, 0.29) is 50.6 Å². The van der Waals surface area contributed by atoms with Crippen LogP contribution in [-0.4, -0.2) is 56.7 Å². The number of carbonyl (C=O) groups is 3. The summed E-state index contributed by atoms with van der Waals surface area (Å²) in [5, 5.41) is 13.8. The molecule has 0 aliphatic carbocycles. The molecule has 3 saturated heterocycles. The van der Waals surface area contributed by atoms with Crippen molar-refractivity contribution >= 4 is 17.5 Å². The second-order valence-corrected chi connectivity index (χ2v) is 17.9. The number of ketones is 2. The van der Waals surface area contributed by atoms with Crippen LogP contribution in [0.25, 0.3) is 0 Å². The van der Waals surface area contributed by atoms with Crippen molar-refractivity contribution in [3.05, 3.63) is 0 Å². The Bertz CT molecular complexity index is 905. The van der Waals surface area contributed by atoms with Gasteiger partial charge in [-0.3, -0.25) is 14.4 Å². The van der Waals surface area contributed by atoms with E-state index in [0.29, 0.717) is 30.8 Å². The molecule has 0 spiro atoms. The molecular formula is C34H66N4O3. The molecule has 7 heteroatoms. The summed E-state index contributed by atoms with van der Waals surface area (Å²) in [4.78, 5) is 34.7. The number of carbonyl (C=O) groups excluding carboxylic acids is 3. The van der Waals surface area contributed by atoms with E-state index in [1.54, 1.807) is 0 Å². The third-order valence-corrected chi connectivity index (χ3v) is 7.87. The van der Waals surface area contributed by atoms with Gasteiger partial charge >= 0.3 is 0 Å². The standard InChI is InChI=1S/C15H30N2O.C10H19NO.C9H17NO/c1-13(2,3)12(18)16-11-8-9-14(4,5)17-15(6,7)10-11;1-9(2)6-5-8(12)7-10(3,4)11-9;1-8(2)5-7(11)6-9(3,4)10-8/h11,17H,8-10H2,1-7H3,(H,16,18);11H,5-7H2,1-4H3;10H,5-6H2,1-4H3. The summed E-state index contributed by atoms with van der Waals surface area (Å²) in [7, 11) is 0. The quantitative estimate of drug-likeness (QED) is 0.294. The van der Waals surface area contributed by atoms with E-state index in [1.165, 1.54) is 0 Å². The van der Waals surface area contributed by atoms with Gasteiger partial charge < -0.3 is 21.3 Å². The molecule has 3 fully saturated rings. The number of rotatable bonds is 1. The molecular weight excluding hydrogens is 512 g/mol. The van der Waals surface area contributed by atoms with Crippen LogP contribution < -0.4 is 21.3 Å². The molecule has 3 rings (SSSR count). The van der Waals surface area contributed by atoms with Crippen LogP contribution in [0, 0.1) is 5.41 Å². The molecule has 41 heavy (non-hydrogen) atoms. The molecule has 4 N–H and O–H groups in total. The van der Waals surface area contributed by atoms with E-state index in [4.69, 9.17) is 0 Å². The minimum atomic E-state index is -0.306. The molecule has 240 valence electrons. The van der Waals surface area contributed by atoms with E-state index in [1.807, 2.05) is 20.8 Å². The fourth-order valence-corrected chi connectivity index (χ4v) is 6.92. The minimum Gasteiger partial charge on any atom is -0.353 e. The van der Waals surface area contributed by atoms with Gasteiger partial charge in [-0.05, 0) is 109 Å². The maximum atomic E-state index is 12.1. The highest BCUT2D eigenvalue weighted by molar-refractivity contribution is 5.82. The van der Waals surface area contributed by atoms with Crippen LogP contribution in [0.1, 0.15) is 155 Å². The van der Waals surface area contributed by atoms with Gasteiger partial charge in [0, 0.05) is 70.4 Å². The summed E-state index contributed by atoms with van der Waals surface area (Å²) in [6.45, 7) is 31.6. The average molecular weight is 579 g/mol. The summed E-state index contributed by atoms with van der Waals surface area (Å²) < 4.78 is 0. The molecule has 7 nitrogen and oxygen atoms in total. The van der Waals surface area contributed by atoms with E-state index in [0.717, 1.165) is 32.1 Å². The van der Waals surface area contributed by atoms with E-state index in [9.17, 15) is 14.4 Å². The van der Waals surface area contributed by atoms with Gasteiger partial charge in [-0.15, -0.1) is 0 Å². The van der Waals surface area contributed by atoms with Crippen molar-refractivity contribution < 1.29 is 14.4 Å². The van der Waals surface area contributed by atoms with Crippen molar-refractivity contribution in [3.8, 4) is 0 Å². The first-order valence-corrected chi connectivity index (χ1v) is 15.8. The molecule has 1 amide bonds. The number of hydrogen-bond donors (Lipinski definition) is 4. The van der Waals surface area contributed by atoms with Crippen LogP contribution >= 0.6 is 0 Å². The topological polar surface area (TPSA) is 99.3 Å². The smallest absolute Gasteiger partial charge is 0.225 e. The molecule has 3 aliphatic heterocycles. The van der Waals surface area contributed by atoms with Crippen molar-refractivity contribution in [1.29, 1.82) is 0 Å². The fourth-order valence-electron chi connectivity index (χ4n) is 6.92. The number of nitrogens with one attached hydrogen (secondary N) is 4. The molecule has 0 bridgehead atoms. The number of amides is 1. The normalized spacial score (nSPS) is 27.9. The minimum absolute atomic E-state index is 0.0150. The van der Waals surface area contributed by atoms with Gasteiger partial charge in [0.05, 0.1) is 0 Å². The lowest BCUT2D eigenvalue weighted by molar-refractivity contribution is -0.129. The summed E-state index contributed by atoms with van der Waals surface area (Å²) in [6, 6.07) is 0.279. The Hall–Kier alpha value is -1.31. The Balaban J connectivity index is 0.000000320. The Kier molecular flexibility index (Phi) is 12.1. The summed E-state index contributed by atoms with van der Waals surface area (Å²) >= 11 is 0. The van der Waals surface area contributed by atoms with E-state index in [2.05, 4.69) is 104 Å². The van der Waals surface area contributed by atoms with Crippen LogP contribution in [0.4, 0.5) is 0 Å². The molecule has 0 saturated carbocycles. The molecule has 0 aromatic heterocycles. The van der Waals surface area contributed by atoms with Gasteiger partial charge in [0.25, 0.3) is 0 Å². The van der Waals surface area contributed by atoms with Crippen LogP contribution in [0.2, 0.25) is 0 Å². The second kappa shape index (κ2) is 13.1. The van der Waals surface area contributed by atoms with Crippen molar-refractivity contribution in [2.45, 2.75) is 194 Å². The zero-order chi connectivity index (χ0) is 32.3. The van der Waals surface area contributed by atoms with Crippen molar-refractivity contribution in [2.24, 2.45) is 5.41 Å². The van der Waals surface area contributed by atoms with Crippen LogP contribution in [0.5, 0.6) is 0 Å². The number of piperidine rings is 1. The van der Waals surface area contributed by atoms with Crippen LogP contribution in [0.3, 0.4) is 0 Å². The van der Waals surface area contributed by atoms with Gasteiger partial charge in [-0.2, -0.15) is 0 Å². The van der Waals surface area contributed by atoms with Gasteiger partial charge in [0.1, 0.15) is 11.6 Å². The van der Waals surface area contributed by atoms with Gasteiger partial charge in [-0.25, -0.2) is 0 Å². The second-order valence-electron chi connectivity index (χ2n) is 17.9. The highest BCUT2D eigenvalue weighted by Crippen LogP contribution is 2.28. The third kappa shape index (κ3) is 15.1. The molecule has 0 aromatic carbocycles. The number of Topliss-reactive ketones (excluding diaryl/α,β-unsaturated/α-hetero) is 2. The van der Waals surface area contributed by atoms with Gasteiger partial charge in [0.2, 0.25) is 5.91 Å². The molecule has 1 unspecified atom stereocenters. The largest absolute Gasteiger partial charge is 0.353 e. The highest BCUT2D eigenvalue weighted by Gasteiger charge is 2.37. The lowest BCUT2D eigenvalue weighted by Gasteiger charge is -2.41. The SMILES string of the molecule is CC1(C)CC(=O)CC(C)(C)N1.CC1(C)CCC(=O)CC(C)(C)N1.CC1(C)CCC(NC(=O)C(C)(C)C)CC(C)(C)N1. The van der Waals surface area contributed by atoms with E-state index >= 15 is 0 Å². The molecule has 0 radical (unpaired) electrons. The molecule has 3 aliphatic rings. The van der Waals surface area contributed by atoms with E-state index < -0.39 is 0 Å². The predicted octanol–water partition coefficient (Wildman–Crippen LogP) is 6.23. The lowest BCUT2D eigenvalue weighted by atomic mass is 9.82. The zero-order valence-corrected chi connectivity index (χ0v) is 29.5. The zero-order valence-electron chi connectivity index (χ0n) is 29.5. The fraction of sp³-hybridized carbons (Fsp3) is 0.912. The Morgan fingerprint density at radius 1 is 0.634 bits per heavy atom. The Labute approximate surface area is 252 Å². The first-order chi connectivity index (χ1) is 18.0. The number of hydrogen-bond acceptors (Lipinski definition) is 6. The van der Waals surface area contributed by atoms with Crippen molar-refractivity contribution in [2.75, 3.05) is 0 Å². The summed E-state index contributed by atoms with van der Waals surface area (Å²) in [5.74, 6) is 0.917. The maximum Gasteiger partial charge on any atom is 0.225 e. The van der Waals surface area contributed by atoms with Crippen LogP contribution in [0.15, 0.2) is 0 Å². The van der Waals surface area contributed by atoms with Gasteiger partial charge in [0.15, 0.2) is 0 Å². The maximum absolute atomic E-state index is 12.1. The molecule has 1 atom stereocenters. The van der Waals surface area contributed by atoms with Crippen LogP contribution in [-0.2, 0) is 14.4 Å². The molecule has 0 aromatic rings.